The summed E-state index contributed by atoms with van der Waals surface area (Å²) < 4.78 is 0. The summed E-state index contributed by atoms with van der Waals surface area (Å²) in [6.07, 6.45) is 3.30. The van der Waals surface area contributed by atoms with Crippen LogP contribution in [0, 0.1) is 0 Å². The molecule has 1 unspecified atom stereocenters. The Bertz CT molecular complexity index is 613. The Morgan fingerprint density at radius 2 is 1.77 bits per heavy atom. The Hall–Kier alpha value is -1.30. The van der Waals surface area contributed by atoms with Crippen molar-refractivity contribution in [2.24, 2.45) is 0 Å². The zero-order valence-corrected chi connectivity index (χ0v) is 16.9. The molecule has 2 aliphatic heterocycles. The maximum Gasteiger partial charge on any atom is 0.317 e. The lowest BCUT2D eigenvalue weighted by atomic mass is 9.85. The Kier molecular flexibility index (Phi) is 6.10. The van der Waals surface area contributed by atoms with Gasteiger partial charge in [0.25, 0.3) is 0 Å². The summed E-state index contributed by atoms with van der Waals surface area (Å²) >= 11 is 5.95. The van der Waals surface area contributed by atoms with Gasteiger partial charge in [-0.1, -0.05) is 23.7 Å². The molecule has 2 aliphatic rings. The highest BCUT2D eigenvalue weighted by atomic mass is 35.5. The summed E-state index contributed by atoms with van der Waals surface area (Å²) in [5, 5.41) is 3.84. The van der Waals surface area contributed by atoms with Crippen LogP contribution in [-0.2, 0) is 0 Å². The van der Waals surface area contributed by atoms with Crippen LogP contribution in [0.1, 0.15) is 37.8 Å². The van der Waals surface area contributed by atoms with Gasteiger partial charge in [0.2, 0.25) is 0 Å². The highest BCUT2D eigenvalue weighted by molar-refractivity contribution is 6.30. The summed E-state index contributed by atoms with van der Waals surface area (Å²) in [7, 11) is 4.46. The molecule has 1 N–H and O–H groups in total. The van der Waals surface area contributed by atoms with Crippen LogP contribution in [-0.4, -0.2) is 73.1 Å². The Morgan fingerprint density at radius 1 is 1.12 bits per heavy atom. The molecule has 2 amide bonds. The number of nitrogens with zero attached hydrogens (tertiary/aromatic N) is 3. The molecule has 3 rings (SSSR count). The van der Waals surface area contributed by atoms with Crippen molar-refractivity contribution in [1.82, 2.24) is 20.0 Å². The van der Waals surface area contributed by atoms with Crippen LogP contribution in [0.2, 0.25) is 5.02 Å². The van der Waals surface area contributed by atoms with E-state index >= 15 is 0 Å². The smallest absolute Gasteiger partial charge is 0.317 e. The molecule has 0 aromatic heterocycles. The minimum Gasteiger partial charge on any atom is -0.331 e. The van der Waals surface area contributed by atoms with E-state index in [-0.39, 0.29) is 17.6 Å². The number of hydrogen-bond acceptors (Lipinski definition) is 3. The molecule has 0 bridgehead atoms. The summed E-state index contributed by atoms with van der Waals surface area (Å²) in [4.78, 5) is 19.6. The lowest BCUT2D eigenvalue weighted by Gasteiger charge is -2.47. The Balaban J connectivity index is 1.57. The van der Waals surface area contributed by atoms with E-state index in [1.165, 1.54) is 6.42 Å². The van der Waals surface area contributed by atoms with E-state index in [1.54, 1.807) is 0 Å². The van der Waals surface area contributed by atoms with Gasteiger partial charge in [-0.2, -0.15) is 0 Å². The number of halogens is 1. The van der Waals surface area contributed by atoms with Crippen molar-refractivity contribution in [1.29, 1.82) is 0 Å². The van der Waals surface area contributed by atoms with Crippen molar-refractivity contribution in [3.8, 4) is 0 Å². The molecule has 1 aromatic rings. The van der Waals surface area contributed by atoms with E-state index in [0.717, 1.165) is 51.1 Å². The number of likely N-dealkylation sites (tertiary alicyclic amines) is 1. The van der Waals surface area contributed by atoms with Crippen molar-refractivity contribution in [2.75, 3.05) is 46.8 Å². The van der Waals surface area contributed by atoms with E-state index in [1.807, 2.05) is 36.1 Å². The van der Waals surface area contributed by atoms with Crippen molar-refractivity contribution in [3.05, 3.63) is 34.9 Å². The second kappa shape index (κ2) is 8.15. The van der Waals surface area contributed by atoms with Crippen LogP contribution < -0.4 is 5.32 Å². The maximum absolute atomic E-state index is 12.7. The summed E-state index contributed by atoms with van der Waals surface area (Å²) in [6.45, 7) is 7.05. The molecule has 0 aliphatic carbocycles. The largest absolute Gasteiger partial charge is 0.331 e. The number of nitrogens with one attached hydrogen (secondary N) is 1. The quantitative estimate of drug-likeness (QED) is 0.858. The predicted octanol–water partition coefficient (Wildman–Crippen LogP) is 3.21. The first kappa shape index (κ1) is 19.5. The number of carbonyl (C=O) groups is 1. The lowest BCUT2D eigenvalue weighted by molar-refractivity contribution is 0.0420. The topological polar surface area (TPSA) is 38.8 Å². The van der Waals surface area contributed by atoms with E-state index < -0.39 is 0 Å². The molecule has 2 heterocycles. The molecule has 1 atom stereocenters. The first-order valence-corrected chi connectivity index (χ1v) is 9.98. The fraction of sp³-hybridized carbons (Fsp3) is 0.650. The number of carbonyl (C=O) groups excluding carboxylic acids is 1. The third-order valence-corrected chi connectivity index (χ3v) is 6.35. The van der Waals surface area contributed by atoms with E-state index in [4.69, 9.17) is 11.6 Å². The summed E-state index contributed by atoms with van der Waals surface area (Å²) in [6, 6.07) is 7.67. The molecule has 6 heteroatoms. The van der Waals surface area contributed by atoms with Gasteiger partial charge in [-0.15, -0.1) is 0 Å². The SMILES string of the molecule is CC(NC(=O)N1CCC2(CC1)CN(C)CCCN2C)c1ccc(Cl)cc1. The third-order valence-electron chi connectivity index (χ3n) is 6.10. The van der Waals surface area contributed by atoms with Crippen LogP contribution in [0.4, 0.5) is 4.79 Å². The first-order chi connectivity index (χ1) is 12.4. The Morgan fingerprint density at radius 3 is 2.42 bits per heavy atom. The summed E-state index contributed by atoms with van der Waals surface area (Å²) in [5.74, 6) is 0. The number of benzene rings is 1. The molecule has 144 valence electrons. The van der Waals surface area contributed by atoms with Crippen LogP contribution in [0.3, 0.4) is 0 Å². The monoisotopic (exact) mass is 378 g/mol. The third kappa shape index (κ3) is 4.33. The average molecular weight is 379 g/mol. The van der Waals surface area contributed by atoms with Crippen molar-refractivity contribution >= 4 is 17.6 Å². The van der Waals surface area contributed by atoms with Crippen molar-refractivity contribution in [2.45, 2.75) is 37.8 Å². The van der Waals surface area contributed by atoms with Crippen LogP contribution in [0.15, 0.2) is 24.3 Å². The molecule has 1 spiro atoms. The number of rotatable bonds is 2. The van der Waals surface area contributed by atoms with Gasteiger partial charge >= 0.3 is 6.03 Å². The zero-order valence-electron chi connectivity index (χ0n) is 16.2. The minimum absolute atomic E-state index is 0.0256. The van der Waals surface area contributed by atoms with Crippen LogP contribution in [0.5, 0.6) is 0 Å². The van der Waals surface area contributed by atoms with Gasteiger partial charge in [0, 0.05) is 30.2 Å². The van der Waals surface area contributed by atoms with Crippen LogP contribution in [0.25, 0.3) is 0 Å². The molecule has 0 saturated carbocycles. The molecule has 26 heavy (non-hydrogen) atoms. The number of piperidine rings is 1. The van der Waals surface area contributed by atoms with Gasteiger partial charge in [0.15, 0.2) is 0 Å². The minimum atomic E-state index is -0.0256. The second-order valence-corrected chi connectivity index (χ2v) is 8.38. The van der Waals surface area contributed by atoms with Gasteiger partial charge in [-0.05, 0) is 71.1 Å². The second-order valence-electron chi connectivity index (χ2n) is 7.95. The van der Waals surface area contributed by atoms with Gasteiger partial charge < -0.3 is 15.1 Å². The van der Waals surface area contributed by atoms with Crippen LogP contribution >= 0.6 is 11.6 Å². The van der Waals surface area contributed by atoms with E-state index in [9.17, 15) is 4.79 Å². The number of likely N-dealkylation sites (N-methyl/N-ethyl adjacent to an activating group) is 2. The van der Waals surface area contributed by atoms with Crippen molar-refractivity contribution < 1.29 is 4.79 Å². The Labute approximate surface area is 162 Å². The summed E-state index contributed by atoms with van der Waals surface area (Å²) in [5.41, 5.74) is 1.28. The van der Waals surface area contributed by atoms with Gasteiger partial charge in [-0.3, -0.25) is 4.90 Å². The molecule has 0 radical (unpaired) electrons. The van der Waals surface area contributed by atoms with Gasteiger partial charge in [-0.25, -0.2) is 4.79 Å². The lowest BCUT2D eigenvalue weighted by Crippen LogP contribution is -2.59. The fourth-order valence-corrected chi connectivity index (χ4v) is 4.42. The number of amides is 2. The normalized spacial score (nSPS) is 22.8. The standard InChI is InChI=1S/C20H31ClN4O/c1-16(17-5-7-18(21)8-6-17)22-19(26)25-13-9-20(10-14-25)15-23(2)11-4-12-24(20)3/h5-8,16H,4,9-15H2,1-3H3,(H,22,26). The van der Waals surface area contributed by atoms with Gasteiger partial charge in [0.05, 0.1) is 6.04 Å². The molecule has 5 nitrogen and oxygen atoms in total. The number of urea groups is 1. The molecular formula is C20H31ClN4O. The molecular weight excluding hydrogens is 348 g/mol. The average Bonchev–Trinajstić information content (AvgIpc) is 2.75. The first-order valence-electron chi connectivity index (χ1n) is 9.60. The van der Waals surface area contributed by atoms with E-state index in [2.05, 4.69) is 29.2 Å². The van der Waals surface area contributed by atoms with Crippen molar-refractivity contribution in [3.63, 3.8) is 0 Å². The zero-order chi connectivity index (χ0) is 18.7. The van der Waals surface area contributed by atoms with E-state index in [0.29, 0.717) is 5.02 Å². The molecule has 2 saturated heterocycles. The van der Waals surface area contributed by atoms with Gasteiger partial charge in [0.1, 0.15) is 0 Å². The fourth-order valence-electron chi connectivity index (χ4n) is 4.29. The molecule has 2 fully saturated rings. The highest BCUT2D eigenvalue weighted by Gasteiger charge is 2.41. The highest BCUT2D eigenvalue weighted by Crippen LogP contribution is 2.31. The number of hydrogen-bond donors (Lipinski definition) is 1. The predicted molar refractivity (Wildman–Crippen MR) is 107 cm³/mol. The molecule has 1 aromatic carbocycles. The maximum atomic E-state index is 12.7.